The number of halogens is 5. The van der Waals surface area contributed by atoms with Gasteiger partial charge < -0.3 is 15.4 Å². The van der Waals surface area contributed by atoms with Crippen LogP contribution in [-0.2, 0) is 17.5 Å². The molecule has 0 fully saturated rings. The molecule has 26 heavy (non-hydrogen) atoms. The Kier molecular flexibility index (Phi) is 5.95. The van der Waals surface area contributed by atoms with Crippen molar-refractivity contribution in [2.45, 2.75) is 39.3 Å². The molecule has 0 bridgehead atoms. The number of ether oxygens (including phenoxy) is 1. The van der Waals surface area contributed by atoms with Gasteiger partial charge in [0.25, 0.3) is 0 Å². The second-order valence-corrected chi connectivity index (χ2v) is 5.36. The molecule has 2 heterocycles. The van der Waals surface area contributed by atoms with Crippen LogP contribution in [0.2, 0.25) is 0 Å². The lowest BCUT2D eigenvalue weighted by Crippen LogP contribution is -2.20. The Morgan fingerprint density at radius 2 is 1.96 bits per heavy atom. The van der Waals surface area contributed by atoms with Gasteiger partial charge in [0.2, 0.25) is 5.95 Å². The van der Waals surface area contributed by atoms with Crippen molar-refractivity contribution in [2.24, 2.45) is 0 Å². The van der Waals surface area contributed by atoms with E-state index in [0.29, 0.717) is 17.6 Å². The first kappa shape index (κ1) is 19.8. The van der Waals surface area contributed by atoms with Gasteiger partial charge in [-0.2, -0.15) is 32.0 Å². The monoisotopic (exact) mass is 380 g/mol. The first-order valence-electron chi connectivity index (χ1n) is 7.46. The Morgan fingerprint density at radius 1 is 1.27 bits per heavy atom. The lowest BCUT2D eigenvalue weighted by Gasteiger charge is -2.14. The van der Waals surface area contributed by atoms with Crippen LogP contribution in [0.3, 0.4) is 0 Å². The lowest BCUT2D eigenvalue weighted by atomic mass is 10.3. The number of hydrogen-bond donors (Lipinski definition) is 2. The molecule has 1 atom stereocenters. The van der Waals surface area contributed by atoms with Gasteiger partial charge in [0.15, 0.2) is 0 Å². The molecule has 2 aromatic heterocycles. The summed E-state index contributed by atoms with van der Waals surface area (Å²) in [5, 5.41) is 9.17. The van der Waals surface area contributed by atoms with Crippen molar-refractivity contribution in [2.75, 3.05) is 17.7 Å². The van der Waals surface area contributed by atoms with Crippen molar-refractivity contribution in [1.29, 1.82) is 0 Å². The van der Waals surface area contributed by atoms with Gasteiger partial charge in [0.05, 0.1) is 30.2 Å². The number of nitrogens with zero attached hydrogens (tertiary/aromatic N) is 4. The average molecular weight is 380 g/mol. The van der Waals surface area contributed by atoms with E-state index in [0.717, 1.165) is 0 Å². The van der Waals surface area contributed by atoms with E-state index in [2.05, 4.69) is 30.4 Å². The van der Waals surface area contributed by atoms with E-state index in [1.807, 2.05) is 0 Å². The first-order valence-corrected chi connectivity index (χ1v) is 7.46. The first-order chi connectivity index (χ1) is 12.1. The van der Waals surface area contributed by atoms with Gasteiger partial charge in [-0.05, 0) is 13.8 Å². The summed E-state index contributed by atoms with van der Waals surface area (Å²) in [6.45, 7) is 0.318. The van der Waals surface area contributed by atoms with Crippen molar-refractivity contribution in [3.8, 4) is 0 Å². The van der Waals surface area contributed by atoms with Crippen LogP contribution < -0.4 is 10.6 Å². The highest BCUT2D eigenvalue weighted by Crippen LogP contribution is 2.33. The molecule has 1 unspecified atom stereocenters. The number of alkyl halides is 5. The van der Waals surface area contributed by atoms with Crippen LogP contribution in [0.15, 0.2) is 12.4 Å². The van der Waals surface area contributed by atoms with Crippen molar-refractivity contribution < 1.29 is 26.7 Å². The maximum atomic E-state index is 12.9. The van der Waals surface area contributed by atoms with Gasteiger partial charge in [-0.3, -0.25) is 4.68 Å². The Hall–Kier alpha value is -2.50. The standard InChI is InChI=1S/C14H17F5N6O/c1-7(26-12(15)16)6-25-8(2)10(5-22-25)23-13-21-4-9(14(17,18)19)11(20-3)24-13/h4-5,7,12H,6H2,1-3H3,(H2,20,21,23,24). The molecule has 0 aromatic carbocycles. The fraction of sp³-hybridized carbons (Fsp3) is 0.500. The summed E-state index contributed by atoms with van der Waals surface area (Å²) in [6, 6.07) is 0. The smallest absolute Gasteiger partial charge is 0.372 e. The minimum absolute atomic E-state index is 0.0677. The van der Waals surface area contributed by atoms with E-state index in [1.165, 1.54) is 24.9 Å². The van der Waals surface area contributed by atoms with E-state index in [-0.39, 0.29) is 18.3 Å². The molecule has 2 rings (SSSR count). The minimum Gasteiger partial charge on any atom is -0.372 e. The maximum Gasteiger partial charge on any atom is 0.421 e. The lowest BCUT2D eigenvalue weighted by molar-refractivity contribution is -0.161. The van der Waals surface area contributed by atoms with E-state index in [9.17, 15) is 22.0 Å². The minimum atomic E-state index is -4.58. The summed E-state index contributed by atoms with van der Waals surface area (Å²) in [4.78, 5) is 7.45. The van der Waals surface area contributed by atoms with Crippen LogP contribution in [0.1, 0.15) is 18.2 Å². The third-order valence-electron chi connectivity index (χ3n) is 3.45. The van der Waals surface area contributed by atoms with Gasteiger partial charge in [-0.1, -0.05) is 0 Å². The molecule has 0 amide bonds. The van der Waals surface area contributed by atoms with E-state index in [4.69, 9.17) is 0 Å². The summed E-state index contributed by atoms with van der Waals surface area (Å²) in [7, 11) is 1.31. The molecule has 2 aromatic rings. The number of aromatic nitrogens is 4. The predicted octanol–water partition coefficient (Wildman–Crippen LogP) is 3.41. The molecule has 144 valence electrons. The van der Waals surface area contributed by atoms with Crippen molar-refractivity contribution in [1.82, 2.24) is 19.7 Å². The second-order valence-electron chi connectivity index (χ2n) is 5.36. The normalized spacial score (nSPS) is 13.1. The topological polar surface area (TPSA) is 76.9 Å². The zero-order chi connectivity index (χ0) is 19.5. The molecule has 0 saturated carbocycles. The largest absolute Gasteiger partial charge is 0.421 e. The zero-order valence-corrected chi connectivity index (χ0v) is 14.1. The van der Waals surface area contributed by atoms with Crippen LogP contribution in [0, 0.1) is 6.92 Å². The summed E-state index contributed by atoms with van der Waals surface area (Å²) >= 11 is 0. The molecule has 0 aliphatic rings. The Bertz CT molecular complexity index is 748. The number of anilines is 3. The summed E-state index contributed by atoms with van der Waals surface area (Å²) < 4.78 is 68.8. The van der Waals surface area contributed by atoms with E-state index in [1.54, 1.807) is 6.92 Å². The number of rotatable bonds is 7. The van der Waals surface area contributed by atoms with Crippen LogP contribution in [0.4, 0.5) is 39.4 Å². The molecule has 7 nitrogen and oxygen atoms in total. The van der Waals surface area contributed by atoms with Crippen LogP contribution in [-0.4, -0.2) is 39.5 Å². The quantitative estimate of drug-likeness (QED) is 0.717. The Labute approximate surface area is 145 Å². The van der Waals surface area contributed by atoms with E-state index >= 15 is 0 Å². The average Bonchev–Trinajstić information content (AvgIpc) is 2.86. The molecule has 2 N–H and O–H groups in total. The Morgan fingerprint density at radius 3 is 2.54 bits per heavy atom. The molecule has 0 saturated heterocycles. The Balaban J connectivity index is 2.17. The molecular weight excluding hydrogens is 363 g/mol. The highest BCUT2D eigenvalue weighted by Gasteiger charge is 2.35. The third-order valence-corrected chi connectivity index (χ3v) is 3.45. The molecule has 0 radical (unpaired) electrons. The molecule has 0 aliphatic carbocycles. The number of nitrogens with one attached hydrogen (secondary N) is 2. The fourth-order valence-electron chi connectivity index (χ4n) is 2.18. The maximum absolute atomic E-state index is 12.9. The summed E-state index contributed by atoms with van der Waals surface area (Å²) in [5.41, 5.74) is -0.00350. The van der Waals surface area contributed by atoms with Gasteiger partial charge in [-0.15, -0.1) is 0 Å². The predicted molar refractivity (Wildman–Crippen MR) is 83.4 cm³/mol. The van der Waals surface area contributed by atoms with Gasteiger partial charge in [-0.25, -0.2) is 4.98 Å². The van der Waals surface area contributed by atoms with Crippen molar-refractivity contribution in [3.63, 3.8) is 0 Å². The highest BCUT2D eigenvalue weighted by molar-refractivity contribution is 5.57. The highest BCUT2D eigenvalue weighted by atomic mass is 19.4. The molecule has 0 aliphatic heterocycles. The molecular formula is C14H17F5N6O. The van der Waals surface area contributed by atoms with Crippen LogP contribution >= 0.6 is 0 Å². The van der Waals surface area contributed by atoms with Gasteiger partial charge in [0, 0.05) is 13.2 Å². The van der Waals surface area contributed by atoms with Gasteiger partial charge in [0.1, 0.15) is 11.4 Å². The second kappa shape index (κ2) is 7.81. The summed E-state index contributed by atoms with van der Waals surface area (Å²) in [5.74, 6) is -0.444. The van der Waals surface area contributed by atoms with E-state index < -0.39 is 24.5 Å². The SMILES string of the molecule is CNc1nc(Nc2cnn(CC(C)OC(F)F)c2C)ncc1C(F)(F)F. The van der Waals surface area contributed by atoms with Crippen LogP contribution in [0.25, 0.3) is 0 Å². The number of hydrogen-bond acceptors (Lipinski definition) is 6. The summed E-state index contributed by atoms with van der Waals surface area (Å²) in [6.07, 6.45) is -3.30. The zero-order valence-electron chi connectivity index (χ0n) is 14.1. The van der Waals surface area contributed by atoms with Crippen molar-refractivity contribution >= 4 is 17.5 Å². The molecule has 12 heteroatoms. The molecule has 0 spiro atoms. The third kappa shape index (κ3) is 4.77. The van der Waals surface area contributed by atoms with Crippen molar-refractivity contribution in [3.05, 3.63) is 23.7 Å². The van der Waals surface area contributed by atoms with Crippen LogP contribution in [0.5, 0.6) is 0 Å². The fourth-order valence-corrected chi connectivity index (χ4v) is 2.18. The van der Waals surface area contributed by atoms with Gasteiger partial charge >= 0.3 is 12.8 Å².